The molecule has 0 aliphatic carbocycles. The van der Waals surface area contributed by atoms with Crippen molar-refractivity contribution in [2.75, 3.05) is 13.2 Å². The largest absolute Gasteiger partial charge is 0.377 e. The van der Waals surface area contributed by atoms with Crippen molar-refractivity contribution in [2.45, 2.75) is 6.04 Å². The number of ether oxygens (including phenoxy) is 1. The van der Waals surface area contributed by atoms with Crippen LogP contribution in [0.5, 0.6) is 0 Å². The first-order chi connectivity index (χ1) is 6.66. The van der Waals surface area contributed by atoms with Gasteiger partial charge in [-0.2, -0.15) is 0 Å². The van der Waals surface area contributed by atoms with Gasteiger partial charge in [0.2, 0.25) is 0 Å². The third-order valence-corrected chi connectivity index (χ3v) is 3.36. The van der Waals surface area contributed by atoms with Gasteiger partial charge in [-0.25, -0.2) is 0 Å². The van der Waals surface area contributed by atoms with E-state index in [0.717, 1.165) is 0 Å². The molecule has 0 atom stereocenters. The number of hydrogen-bond acceptors (Lipinski definition) is 3. The minimum atomic E-state index is -0.188. The highest BCUT2D eigenvalue weighted by Crippen LogP contribution is 2.31. The van der Waals surface area contributed by atoms with E-state index in [0.29, 0.717) is 27.4 Å². The number of thiophene rings is 1. The van der Waals surface area contributed by atoms with Gasteiger partial charge in [-0.15, -0.1) is 11.3 Å². The smallest absolute Gasteiger partial charge is 0.254 e. The zero-order valence-electron chi connectivity index (χ0n) is 7.05. The Labute approximate surface area is 95.0 Å². The lowest BCUT2D eigenvalue weighted by Gasteiger charge is -2.26. The van der Waals surface area contributed by atoms with Crippen LogP contribution in [0.4, 0.5) is 0 Å². The minimum Gasteiger partial charge on any atom is -0.377 e. The quantitative estimate of drug-likeness (QED) is 0.876. The van der Waals surface area contributed by atoms with Crippen LogP contribution in [0.1, 0.15) is 10.4 Å². The van der Waals surface area contributed by atoms with Gasteiger partial charge in [0, 0.05) is 0 Å². The Morgan fingerprint density at radius 2 is 2.29 bits per heavy atom. The second-order valence-electron chi connectivity index (χ2n) is 2.95. The van der Waals surface area contributed by atoms with Gasteiger partial charge in [0.05, 0.1) is 29.2 Å². The number of nitrogens with one attached hydrogen (secondary N) is 1. The van der Waals surface area contributed by atoms with Gasteiger partial charge in [-0.05, 0) is 6.07 Å². The van der Waals surface area contributed by atoms with Crippen LogP contribution >= 0.6 is 34.5 Å². The van der Waals surface area contributed by atoms with Crippen molar-refractivity contribution in [1.29, 1.82) is 0 Å². The van der Waals surface area contributed by atoms with Gasteiger partial charge in [-0.3, -0.25) is 4.79 Å². The van der Waals surface area contributed by atoms with Crippen LogP contribution in [0.2, 0.25) is 8.67 Å². The van der Waals surface area contributed by atoms with E-state index in [2.05, 4.69) is 5.32 Å². The molecule has 1 fully saturated rings. The van der Waals surface area contributed by atoms with Crippen LogP contribution in [0, 0.1) is 0 Å². The standard InChI is InChI=1S/C8H7Cl2NO2S/c9-6-1-5(7(10)14-6)8(12)11-4-2-13-3-4/h1,4H,2-3H2,(H,11,12). The fourth-order valence-corrected chi connectivity index (χ4v) is 2.54. The normalized spacial score (nSPS) is 16.4. The summed E-state index contributed by atoms with van der Waals surface area (Å²) in [7, 11) is 0. The summed E-state index contributed by atoms with van der Waals surface area (Å²) in [4.78, 5) is 11.6. The first-order valence-corrected chi connectivity index (χ1v) is 5.57. The Bertz CT molecular complexity index is 362. The first kappa shape index (κ1) is 10.2. The Morgan fingerprint density at radius 1 is 1.57 bits per heavy atom. The third-order valence-electron chi connectivity index (χ3n) is 1.87. The van der Waals surface area contributed by atoms with Crippen LogP contribution in [-0.2, 0) is 4.74 Å². The second kappa shape index (κ2) is 4.06. The van der Waals surface area contributed by atoms with E-state index in [1.807, 2.05) is 0 Å². The number of rotatable bonds is 2. The number of halogens is 2. The van der Waals surface area contributed by atoms with Crippen LogP contribution in [0.3, 0.4) is 0 Å². The van der Waals surface area contributed by atoms with Crippen LogP contribution in [-0.4, -0.2) is 25.2 Å². The molecule has 1 N–H and O–H groups in total. The lowest BCUT2D eigenvalue weighted by molar-refractivity contribution is -0.00345. The molecule has 6 heteroatoms. The average Bonchev–Trinajstić information content (AvgIpc) is 2.37. The van der Waals surface area contributed by atoms with Crippen molar-refractivity contribution in [2.24, 2.45) is 0 Å². The van der Waals surface area contributed by atoms with Gasteiger partial charge in [0.15, 0.2) is 0 Å². The predicted molar refractivity (Wildman–Crippen MR) is 56.4 cm³/mol. The maximum Gasteiger partial charge on any atom is 0.254 e. The number of carbonyl (C=O) groups is 1. The van der Waals surface area contributed by atoms with Crippen LogP contribution in [0.25, 0.3) is 0 Å². The fourth-order valence-electron chi connectivity index (χ4n) is 1.08. The molecule has 1 amide bonds. The van der Waals surface area contributed by atoms with Crippen LogP contribution < -0.4 is 5.32 Å². The highest BCUT2D eigenvalue weighted by Gasteiger charge is 2.23. The van der Waals surface area contributed by atoms with E-state index in [4.69, 9.17) is 27.9 Å². The summed E-state index contributed by atoms with van der Waals surface area (Å²) in [6, 6.07) is 1.68. The minimum absolute atomic E-state index is 0.109. The summed E-state index contributed by atoms with van der Waals surface area (Å²) in [6.45, 7) is 1.14. The maximum absolute atomic E-state index is 11.6. The molecular formula is C8H7Cl2NO2S. The molecule has 2 rings (SSSR count). The molecule has 1 aliphatic heterocycles. The first-order valence-electron chi connectivity index (χ1n) is 4.00. The molecule has 1 aromatic rings. The number of hydrogen-bond donors (Lipinski definition) is 1. The third kappa shape index (κ3) is 2.03. The predicted octanol–water partition coefficient (Wildman–Crippen LogP) is 2.18. The Morgan fingerprint density at radius 3 is 2.71 bits per heavy atom. The molecular weight excluding hydrogens is 245 g/mol. The van der Waals surface area contributed by atoms with Crippen molar-refractivity contribution >= 4 is 40.4 Å². The van der Waals surface area contributed by atoms with E-state index in [9.17, 15) is 4.79 Å². The molecule has 76 valence electrons. The monoisotopic (exact) mass is 251 g/mol. The highest BCUT2D eigenvalue weighted by atomic mass is 35.5. The van der Waals surface area contributed by atoms with Crippen molar-refractivity contribution in [3.8, 4) is 0 Å². The van der Waals surface area contributed by atoms with Gasteiger partial charge in [0.25, 0.3) is 5.91 Å². The maximum atomic E-state index is 11.6. The molecule has 0 saturated carbocycles. The molecule has 3 nitrogen and oxygen atoms in total. The summed E-state index contributed by atoms with van der Waals surface area (Å²) in [5, 5.41) is 2.79. The summed E-state index contributed by atoms with van der Waals surface area (Å²) >= 11 is 12.7. The molecule has 1 aliphatic rings. The SMILES string of the molecule is O=C(NC1COC1)c1cc(Cl)sc1Cl. The van der Waals surface area contributed by atoms with E-state index in [1.165, 1.54) is 11.3 Å². The van der Waals surface area contributed by atoms with Crippen molar-refractivity contribution < 1.29 is 9.53 Å². The summed E-state index contributed by atoms with van der Waals surface area (Å²) in [5.41, 5.74) is 0.438. The number of carbonyl (C=O) groups excluding carboxylic acids is 1. The molecule has 0 unspecified atom stereocenters. The second-order valence-corrected chi connectivity index (χ2v) is 5.23. The molecule has 0 spiro atoms. The highest BCUT2D eigenvalue weighted by molar-refractivity contribution is 7.20. The van der Waals surface area contributed by atoms with Gasteiger partial charge < -0.3 is 10.1 Å². The molecule has 0 aromatic carbocycles. The van der Waals surface area contributed by atoms with Gasteiger partial charge in [0.1, 0.15) is 4.34 Å². The van der Waals surface area contributed by atoms with Crippen molar-refractivity contribution in [3.63, 3.8) is 0 Å². The lowest BCUT2D eigenvalue weighted by atomic mass is 10.2. The Hall–Kier alpha value is -0.290. The van der Waals surface area contributed by atoms with E-state index >= 15 is 0 Å². The molecule has 2 heterocycles. The summed E-state index contributed by atoms with van der Waals surface area (Å²) in [5.74, 6) is -0.188. The number of amides is 1. The van der Waals surface area contributed by atoms with E-state index in [1.54, 1.807) is 6.07 Å². The summed E-state index contributed by atoms with van der Waals surface area (Å²) < 4.78 is 5.88. The molecule has 14 heavy (non-hydrogen) atoms. The van der Waals surface area contributed by atoms with Crippen LogP contribution in [0.15, 0.2) is 6.07 Å². The Kier molecular flexibility index (Phi) is 2.97. The molecule has 0 bridgehead atoms. The fraction of sp³-hybridized carbons (Fsp3) is 0.375. The molecule has 1 aromatic heterocycles. The molecule has 1 saturated heterocycles. The van der Waals surface area contributed by atoms with Gasteiger partial charge >= 0.3 is 0 Å². The van der Waals surface area contributed by atoms with Crippen molar-refractivity contribution in [1.82, 2.24) is 5.32 Å². The summed E-state index contributed by atoms with van der Waals surface area (Å²) in [6.07, 6.45) is 0. The van der Waals surface area contributed by atoms with Gasteiger partial charge in [-0.1, -0.05) is 23.2 Å². The zero-order valence-corrected chi connectivity index (χ0v) is 9.38. The van der Waals surface area contributed by atoms with E-state index < -0.39 is 0 Å². The Balaban J connectivity index is 2.06. The lowest BCUT2D eigenvalue weighted by Crippen LogP contribution is -2.48. The molecule has 0 radical (unpaired) electrons. The van der Waals surface area contributed by atoms with Crippen molar-refractivity contribution in [3.05, 3.63) is 20.3 Å². The zero-order chi connectivity index (χ0) is 10.1. The average molecular weight is 252 g/mol. The van der Waals surface area contributed by atoms with E-state index in [-0.39, 0.29) is 11.9 Å². The topological polar surface area (TPSA) is 38.3 Å².